The molecule has 0 aliphatic heterocycles. The molecule has 6 heteroatoms. The number of carbonyl (C=O) groups excluding carboxylic acids is 2. The second kappa shape index (κ2) is 9.53. The van der Waals surface area contributed by atoms with Crippen LogP contribution in [0.1, 0.15) is 43.9 Å². The van der Waals surface area contributed by atoms with Crippen LogP contribution in [0.3, 0.4) is 0 Å². The van der Waals surface area contributed by atoms with Crippen LogP contribution in [0.25, 0.3) is 5.73 Å². The van der Waals surface area contributed by atoms with Gasteiger partial charge in [0.15, 0.2) is 0 Å². The number of hydrogen-bond donors (Lipinski definition) is 0. The topological polar surface area (TPSA) is 85.6 Å². The molecular formula is C19H28NO5-. The van der Waals surface area contributed by atoms with E-state index in [9.17, 15) is 9.59 Å². The van der Waals surface area contributed by atoms with Crippen LogP contribution in [0, 0.1) is 13.8 Å². The number of nitrogens with one attached hydrogen (secondary N) is 1. The maximum atomic E-state index is 12.0. The molecular weight excluding hydrogens is 322 g/mol. The molecule has 1 rings (SSSR count). The summed E-state index contributed by atoms with van der Waals surface area (Å²) in [6.07, 6.45) is -0.456. The number of hydrogen-bond acceptors (Lipinski definition) is 5. The van der Waals surface area contributed by atoms with Crippen molar-refractivity contribution in [2.45, 2.75) is 46.5 Å². The van der Waals surface area contributed by atoms with Crippen molar-refractivity contribution >= 4 is 11.9 Å². The van der Waals surface area contributed by atoms with E-state index < -0.39 is 11.6 Å². The van der Waals surface area contributed by atoms with Gasteiger partial charge < -0.3 is 19.9 Å². The molecule has 0 spiro atoms. The first-order valence-electron chi connectivity index (χ1n) is 8.35. The summed E-state index contributed by atoms with van der Waals surface area (Å²) in [6, 6.07) is 3.78. The highest BCUT2D eigenvalue weighted by Crippen LogP contribution is 2.38. The second-order valence-corrected chi connectivity index (χ2v) is 6.78. The molecule has 1 N–H and O–H groups in total. The molecule has 0 aliphatic rings. The SMILES string of the molecule is CC(=O)CC(C)(C)c1c(C)cc(C)cc1OC(=O)OCCOCC[NH-]. The van der Waals surface area contributed by atoms with E-state index in [4.69, 9.17) is 19.9 Å². The number of aryl methyl sites for hydroxylation is 2. The first-order chi connectivity index (χ1) is 11.7. The molecule has 0 saturated carbocycles. The zero-order valence-electron chi connectivity index (χ0n) is 15.7. The Balaban J connectivity index is 2.91. The van der Waals surface area contributed by atoms with Gasteiger partial charge >= 0.3 is 6.16 Å². The molecule has 0 fully saturated rings. The zero-order chi connectivity index (χ0) is 19.0. The second-order valence-electron chi connectivity index (χ2n) is 6.78. The molecule has 1 aromatic carbocycles. The Morgan fingerprint density at radius 1 is 1.12 bits per heavy atom. The van der Waals surface area contributed by atoms with E-state index in [-0.39, 0.29) is 25.5 Å². The highest BCUT2D eigenvalue weighted by atomic mass is 16.7. The maximum Gasteiger partial charge on any atom is 0.513 e. The smallest absolute Gasteiger partial charge is 0.513 e. The molecule has 0 heterocycles. The highest BCUT2D eigenvalue weighted by Gasteiger charge is 2.29. The van der Waals surface area contributed by atoms with Gasteiger partial charge in [0, 0.05) is 24.0 Å². The lowest BCUT2D eigenvalue weighted by Crippen LogP contribution is -2.24. The monoisotopic (exact) mass is 350 g/mol. The average molecular weight is 350 g/mol. The minimum atomic E-state index is -0.806. The van der Waals surface area contributed by atoms with Gasteiger partial charge in [0.1, 0.15) is 18.1 Å². The van der Waals surface area contributed by atoms with Crippen molar-refractivity contribution in [3.63, 3.8) is 0 Å². The van der Waals surface area contributed by atoms with Crippen LogP contribution in [-0.4, -0.2) is 38.3 Å². The third-order valence-electron chi connectivity index (χ3n) is 3.70. The quantitative estimate of drug-likeness (QED) is 0.379. The normalized spacial score (nSPS) is 11.3. The summed E-state index contributed by atoms with van der Waals surface area (Å²) in [7, 11) is 0. The fraction of sp³-hybridized carbons (Fsp3) is 0.579. The Labute approximate surface area is 149 Å². The number of Topliss-reactive ketones (excluding diaryl/α,β-unsaturated/α-hetero) is 1. The van der Waals surface area contributed by atoms with Crippen molar-refractivity contribution in [1.82, 2.24) is 0 Å². The lowest BCUT2D eigenvalue weighted by Gasteiger charge is -2.28. The summed E-state index contributed by atoms with van der Waals surface area (Å²) in [4.78, 5) is 23.6. The number of rotatable bonds is 9. The molecule has 0 saturated heterocycles. The van der Waals surface area contributed by atoms with Crippen LogP contribution < -0.4 is 4.74 Å². The largest absolute Gasteiger partial charge is 0.676 e. The Morgan fingerprint density at radius 2 is 1.80 bits per heavy atom. The summed E-state index contributed by atoms with van der Waals surface area (Å²) in [6.45, 7) is 10.1. The third-order valence-corrected chi connectivity index (χ3v) is 3.70. The molecule has 25 heavy (non-hydrogen) atoms. The van der Waals surface area contributed by atoms with Gasteiger partial charge in [0.05, 0.1) is 6.61 Å². The molecule has 0 atom stereocenters. The van der Waals surface area contributed by atoms with E-state index in [1.165, 1.54) is 0 Å². The fourth-order valence-corrected chi connectivity index (χ4v) is 3.06. The van der Waals surface area contributed by atoms with E-state index >= 15 is 0 Å². The van der Waals surface area contributed by atoms with Crippen molar-refractivity contribution in [1.29, 1.82) is 0 Å². The van der Waals surface area contributed by atoms with Crippen LogP contribution in [0.2, 0.25) is 0 Å². The molecule has 6 nitrogen and oxygen atoms in total. The number of carbonyl (C=O) groups is 2. The Morgan fingerprint density at radius 3 is 2.40 bits per heavy atom. The molecule has 0 bridgehead atoms. The van der Waals surface area contributed by atoms with E-state index in [0.29, 0.717) is 18.8 Å². The van der Waals surface area contributed by atoms with E-state index in [2.05, 4.69) is 0 Å². The fourth-order valence-electron chi connectivity index (χ4n) is 3.06. The van der Waals surface area contributed by atoms with Gasteiger partial charge in [-0.1, -0.05) is 19.9 Å². The molecule has 0 aromatic heterocycles. The molecule has 0 unspecified atom stereocenters. The van der Waals surface area contributed by atoms with Gasteiger partial charge in [-0.05, 0) is 38.0 Å². The minimum absolute atomic E-state index is 0.0653. The molecule has 0 radical (unpaired) electrons. The average Bonchev–Trinajstić information content (AvgIpc) is 2.44. The van der Waals surface area contributed by atoms with E-state index in [1.807, 2.05) is 33.8 Å². The van der Waals surface area contributed by atoms with Gasteiger partial charge in [0.25, 0.3) is 0 Å². The van der Waals surface area contributed by atoms with Crippen molar-refractivity contribution in [3.8, 4) is 5.75 Å². The van der Waals surface area contributed by atoms with Gasteiger partial charge in [-0.25, -0.2) is 4.79 Å². The summed E-state index contributed by atoms with van der Waals surface area (Å²) in [5.41, 5.74) is 9.25. The maximum absolute atomic E-state index is 12.0. The molecule has 140 valence electrons. The molecule has 0 amide bonds. The standard InChI is InChI=1S/C19H28NO5/c1-13-10-14(2)17(19(4,5)12-15(3)21)16(11-13)25-18(22)24-9-8-23-7-6-20/h10-11,20H,6-9,12H2,1-5H3/q-1. The predicted octanol–water partition coefficient (Wildman–Crippen LogP) is 4.14. The minimum Gasteiger partial charge on any atom is -0.676 e. The number of ether oxygens (including phenoxy) is 3. The van der Waals surface area contributed by atoms with Crippen molar-refractivity contribution in [2.24, 2.45) is 0 Å². The number of benzene rings is 1. The van der Waals surface area contributed by atoms with Crippen LogP contribution in [-0.2, 0) is 19.7 Å². The first kappa shape index (κ1) is 21.1. The summed E-state index contributed by atoms with van der Waals surface area (Å²) < 4.78 is 15.5. The lowest BCUT2D eigenvalue weighted by atomic mass is 9.77. The Kier molecular flexibility index (Phi) is 8.06. The van der Waals surface area contributed by atoms with E-state index in [1.54, 1.807) is 13.0 Å². The van der Waals surface area contributed by atoms with Crippen LogP contribution >= 0.6 is 0 Å². The van der Waals surface area contributed by atoms with Crippen molar-refractivity contribution < 1.29 is 23.8 Å². The zero-order valence-corrected chi connectivity index (χ0v) is 15.7. The lowest BCUT2D eigenvalue weighted by molar-refractivity contribution is -0.118. The summed E-state index contributed by atoms with van der Waals surface area (Å²) >= 11 is 0. The van der Waals surface area contributed by atoms with Crippen molar-refractivity contribution in [2.75, 3.05) is 26.4 Å². The van der Waals surface area contributed by atoms with E-state index in [0.717, 1.165) is 16.7 Å². The Bertz CT molecular complexity index is 610. The highest BCUT2D eigenvalue weighted by molar-refractivity contribution is 5.77. The molecule has 1 aromatic rings. The van der Waals surface area contributed by atoms with Gasteiger partial charge in [-0.2, -0.15) is 0 Å². The Hall–Kier alpha value is -1.92. The summed E-state index contributed by atoms with van der Waals surface area (Å²) in [5, 5.41) is 0. The molecule has 0 aliphatic carbocycles. The predicted molar refractivity (Wildman–Crippen MR) is 96.2 cm³/mol. The van der Waals surface area contributed by atoms with Gasteiger partial charge in [-0.15, -0.1) is 6.54 Å². The van der Waals surface area contributed by atoms with Gasteiger partial charge in [0.2, 0.25) is 0 Å². The van der Waals surface area contributed by atoms with Crippen LogP contribution in [0.5, 0.6) is 5.75 Å². The van der Waals surface area contributed by atoms with Crippen molar-refractivity contribution in [3.05, 3.63) is 34.6 Å². The van der Waals surface area contributed by atoms with Gasteiger partial charge in [-0.3, -0.25) is 4.79 Å². The first-order valence-corrected chi connectivity index (χ1v) is 8.35. The number of ketones is 1. The summed E-state index contributed by atoms with van der Waals surface area (Å²) in [5.74, 6) is 0.492. The van der Waals surface area contributed by atoms with Crippen LogP contribution in [0.15, 0.2) is 12.1 Å². The third kappa shape index (κ3) is 6.84. The van der Waals surface area contributed by atoms with Crippen LogP contribution in [0.4, 0.5) is 4.79 Å².